The summed E-state index contributed by atoms with van der Waals surface area (Å²) in [7, 11) is 3.43. The summed E-state index contributed by atoms with van der Waals surface area (Å²) in [5.41, 5.74) is 4.87. The number of H-pyrrole nitrogens is 2. The number of amides is 3. The van der Waals surface area contributed by atoms with E-state index in [9.17, 15) is 19.2 Å². The molecule has 0 bridgehead atoms. The fourth-order valence-corrected chi connectivity index (χ4v) is 7.45. The van der Waals surface area contributed by atoms with Gasteiger partial charge in [-0.05, 0) is 57.3 Å². The maximum atomic E-state index is 11.3. The Balaban J connectivity index is 0.000000205. The number of aromatic amines is 2. The summed E-state index contributed by atoms with van der Waals surface area (Å²) in [6.45, 7) is 10.1. The molecule has 1 unspecified atom stereocenters. The minimum atomic E-state index is -0.649. The summed E-state index contributed by atoms with van der Waals surface area (Å²) in [6, 6.07) is 8.30. The van der Waals surface area contributed by atoms with Gasteiger partial charge in [0.15, 0.2) is 0 Å². The first-order valence-corrected chi connectivity index (χ1v) is 20.0. The average Bonchev–Trinajstić information content (AvgIpc) is 4.04. The molecule has 2 fully saturated rings. The Bertz CT molecular complexity index is 1900. The third-order valence-electron chi connectivity index (χ3n) is 7.93. The summed E-state index contributed by atoms with van der Waals surface area (Å²) in [5, 5.41) is 9.15. The molecule has 5 aromatic rings. The third kappa shape index (κ3) is 15.5. The van der Waals surface area contributed by atoms with Gasteiger partial charge in [0.2, 0.25) is 11.8 Å². The van der Waals surface area contributed by atoms with Crippen LogP contribution in [0.15, 0.2) is 66.1 Å². The first-order chi connectivity index (χ1) is 26.7. The van der Waals surface area contributed by atoms with Crippen molar-refractivity contribution in [2.45, 2.75) is 58.9 Å². The zero-order valence-corrected chi connectivity index (χ0v) is 33.9. The summed E-state index contributed by atoms with van der Waals surface area (Å²) < 4.78 is 6.88. The van der Waals surface area contributed by atoms with Crippen LogP contribution in [0, 0.1) is 11.8 Å². The summed E-state index contributed by atoms with van der Waals surface area (Å²) in [5.74, 6) is 6.17. The number of aromatic nitrogens is 4. The molecule has 3 amide bonds. The predicted molar refractivity (Wildman–Crippen MR) is 220 cm³/mol. The van der Waals surface area contributed by atoms with E-state index < -0.39 is 12.1 Å². The SMILES string of the molecule is C(#Cc1csc2c(-c3cnc[nH]3)csc12)c1cnc[nH]1.CC(=O)NCC(=O)N1CCCC1.CCC.CN1CCCC1.COC(=O)NC(C=O)c1ccccc1. The molecule has 1 atom stereocenters. The standard InChI is InChI=1S/C14H8N4S2.C10H11NO3.C8H14N2O2.C5H11N.C3H8/c1(2-10-3-15-7-17-10)9-5-19-14-11(6-20-13(9)14)12-4-16-8-18-12;1-14-10(13)11-9(7-12)8-5-3-2-4-6-8;1-7(11)9-6-8(12)10-4-2-3-5-10;1-6-4-2-3-5-6;1-3-2/h3-8H,(H,15,17)(H,16,18);2-7,9H,1H3,(H,11,13);2-6H2,1H3,(H,9,11);2-5H2,1H3;3H2,1-2H3. The Labute approximate surface area is 331 Å². The van der Waals surface area contributed by atoms with Crippen molar-refractivity contribution in [2.75, 3.05) is 46.9 Å². The minimum absolute atomic E-state index is 0.0303. The van der Waals surface area contributed by atoms with E-state index in [1.54, 1.807) is 70.7 Å². The Hall–Kier alpha value is -5.30. The van der Waals surface area contributed by atoms with Crippen molar-refractivity contribution >= 4 is 56.3 Å². The maximum Gasteiger partial charge on any atom is 0.407 e. The second-order valence-electron chi connectivity index (χ2n) is 12.5. The smallest absolute Gasteiger partial charge is 0.407 e. The van der Waals surface area contributed by atoms with Gasteiger partial charge in [0.1, 0.15) is 18.0 Å². The van der Waals surface area contributed by atoms with E-state index in [1.807, 2.05) is 12.3 Å². The van der Waals surface area contributed by atoms with Crippen molar-refractivity contribution < 1.29 is 23.9 Å². The van der Waals surface area contributed by atoms with Crippen LogP contribution in [0.4, 0.5) is 4.79 Å². The van der Waals surface area contributed by atoms with Crippen LogP contribution in [-0.2, 0) is 19.1 Å². The van der Waals surface area contributed by atoms with Gasteiger partial charge >= 0.3 is 6.09 Å². The van der Waals surface area contributed by atoms with Crippen molar-refractivity contribution in [3.8, 4) is 23.1 Å². The highest BCUT2D eigenvalue weighted by Gasteiger charge is 2.17. The largest absolute Gasteiger partial charge is 0.453 e. The topological polar surface area (TPSA) is 165 Å². The zero-order valence-electron chi connectivity index (χ0n) is 32.2. The molecule has 294 valence electrons. The first-order valence-electron chi connectivity index (χ1n) is 18.2. The molecule has 0 saturated carbocycles. The van der Waals surface area contributed by atoms with Crippen LogP contribution in [0.1, 0.15) is 75.7 Å². The maximum absolute atomic E-state index is 11.3. The molecule has 1 aromatic carbocycles. The lowest BCUT2D eigenvalue weighted by atomic mass is 10.1. The van der Waals surface area contributed by atoms with Crippen LogP contribution in [0.3, 0.4) is 0 Å². The lowest BCUT2D eigenvalue weighted by molar-refractivity contribution is -0.131. The molecule has 15 heteroatoms. The van der Waals surface area contributed by atoms with Gasteiger partial charge in [-0.3, -0.25) is 9.59 Å². The Morgan fingerprint density at radius 2 is 1.56 bits per heavy atom. The quantitative estimate of drug-likeness (QED) is 0.110. The van der Waals surface area contributed by atoms with E-state index in [-0.39, 0.29) is 18.4 Å². The number of methoxy groups -OCH3 is 1. The van der Waals surface area contributed by atoms with E-state index in [4.69, 9.17) is 0 Å². The number of hydrogen-bond acceptors (Lipinski definition) is 10. The molecule has 0 spiro atoms. The number of nitrogens with one attached hydrogen (secondary N) is 4. The second-order valence-corrected chi connectivity index (χ2v) is 14.3. The van der Waals surface area contributed by atoms with Gasteiger partial charge in [0, 0.05) is 36.3 Å². The molecule has 55 heavy (non-hydrogen) atoms. The van der Waals surface area contributed by atoms with Crippen LogP contribution in [0.5, 0.6) is 0 Å². The molecular weight excluding hydrogens is 737 g/mol. The molecular formula is C40H52N8O5S2. The van der Waals surface area contributed by atoms with Crippen molar-refractivity contribution in [1.29, 1.82) is 0 Å². The molecule has 2 aliphatic heterocycles. The number of imidazole rings is 2. The van der Waals surface area contributed by atoms with Crippen LogP contribution >= 0.6 is 22.7 Å². The number of fused-ring (bicyclic) bond motifs is 1. The normalized spacial score (nSPS) is 13.4. The lowest BCUT2D eigenvalue weighted by Gasteiger charge is -2.14. The minimum Gasteiger partial charge on any atom is -0.453 e. The highest BCUT2D eigenvalue weighted by Crippen LogP contribution is 2.39. The highest BCUT2D eigenvalue weighted by atomic mass is 32.1. The Morgan fingerprint density at radius 1 is 0.927 bits per heavy atom. The van der Waals surface area contributed by atoms with Gasteiger partial charge in [-0.2, -0.15) is 0 Å². The van der Waals surface area contributed by atoms with E-state index in [1.165, 1.54) is 61.3 Å². The number of benzene rings is 1. The van der Waals surface area contributed by atoms with Crippen molar-refractivity contribution in [1.82, 2.24) is 40.4 Å². The zero-order chi connectivity index (χ0) is 39.8. The molecule has 0 radical (unpaired) electrons. The molecule has 2 aliphatic rings. The van der Waals surface area contributed by atoms with Gasteiger partial charge in [-0.15, -0.1) is 22.7 Å². The summed E-state index contributed by atoms with van der Waals surface area (Å²) in [4.78, 5) is 61.6. The molecule has 6 heterocycles. The van der Waals surface area contributed by atoms with Crippen LogP contribution < -0.4 is 10.6 Å². The monoisotopic (exact) mass is 788 g/mol. The van der Waals surface area contributed by atoms with E-state index in [0.717, 1.165) is 48.4 Å². The number of likely N-dealkylation sites (tertiary alicyclic amines) is 2. The van der Waals surface area contributed by atoms with Gasteiger partial charge in [0.05, 0.1) is 59.4 Å². The number of carbonyl (C=O) groups excluding carboxylic acids is 4. The summed E-state index contributed by atoms with van der Waals surface area (Å²) >= 11 is 3.43. The number of rotatable bonds is 6. The molecule has 4 aromatic heterocycles. The second kappa shape index (κ2) is 24.9. The van der Waals surface area contributed by atoms with Gasteiger partial charge in [-0.25, -0.2) is 14.8 Å². The Morgan fingerprint density at radius 3 is 2.11 bits per heavy atom. The number of thiophene rings is 2. The fourth-order valence-electron chi connectivity index (χ4n) is 5.15. The Kier molecular flexibility index (Phi) is 20.0. The van der Waals surface area contributed by atoms with Crippen molar-refractivity contribution in [3.05, 3.63) is 83.0 Å². The number of nitrogens with zero attached hydrogens (tertiary/aromatic N) is 4. The number of hydrogen-bond donors (Lipinski definition) is 4. The lowest BCUT2D eigenvalue weighted by Crippen LogP contribution is -2.37. The molecule has 2 saturated heterocycles. The fraction of sp³-hybridized carbons (Fsp3) is 0.400. The number of carbonyl (C=O) groups is 4. The summed E-state index contributed by atoms with van der Waals surface area (Å²) in [6.07, 6.45) is 13.2. The predicted octanol–water partition coefficient (Wildman–Crippen LogP) is 6.63. The van der Waals surface area contributed by atoms with Gasteiger partial charge in [0.25, 0.3) is 0 Å². The van der Waals surface area contributed by atoms with Crippen LogP contribution in [-0.4, -0.2) is 101 Å². The first kappa shape index (κ1) is 44.1. The van der Waals surface area contributed by atoms with Crippen LogP contribution in [0.2, 0.25) is 0 Å². The number of ether oxygens (including phenoxy) is 1. The van der Waals surface area contributed by atoms with E-state index in [2.05, 4.69) is 83.7 Å². The molecule has 4 N–H and O–H groups in total. The van der Waals surface area contributed by atoms with Gasteiger partial charge in [-0.1, -0.05) is 56.5 Å². The third-order valence-corrected chi connectivity index (χ3v) is 10.1. The van der Waals surface area contributed by atoms with Gasteiger partial charge < -0.3 is 39.9 Å². The van der Waals surface area contributed by atoms with E-state index >= 15 is 0 Å². The highest BCUT2D eigenvalue weighted by molar-refractivity contribution is 7.27. The molecule has 0 aliphatic carbocycles. The average molecular weight is 789 g/mol. The number of alkyl carbamates (subject to hydrolysis) is 1. The molecule has 7 rings (SSSR count). The van der Waals surface area contributed by atoms with Crippen molar-refractivity contribution in [2.24, 2.45) is 0 Å². The number of aldehydes is 1. The van der Waals surface area contributed by atoms with Crippen LogP contribution in [0.25, 0.3) is 20.7 Å². The molecule has 13 nitrogen and oxygen atoms in total. The van der Waals surface area contributed by atoms with Crippen molar-refractivity contribution in [3.63, 3.8) is 0 Å². The van der Waals surface area contributed by atoms with E-state index in [0.29, 0.717) is 6.29 Å².